The van der Waals surface area contributed by atoms with E-state index in [4.69, 9.17) is 29.7 Å². The Balaban J connectivity index is 1.54. The highest BCUT2D eigenvalue weighted by atomic mass is 16.6. The SMILES string of the molecule is COC(=O)C(C)=CCC12OC(C)(C)C3CC(C1=O)C1C4=C(N=C(N)C1C#N)c1c(O)c5c(c(CC=C(C)C)c1OC432)OC(C)(CCC=C(C)C)C=C5. The number of phenols is 1. The van der Waals surface area contributed by atoms with Crippen molar-refractivity contribution in [1.29, 1.82) is 5.26 Å². The third kappa shape index (κ3) is 4.81. The molecule has 274 valence electrons. The highest BCUT2D eigenvalue weighted by molar-refractivity contribution is 6.05. The van der Waals surface area contributed by atoms with Crippen LogP contribution in [0.5, 0.6) is 17.2 Å². The Morgan fingerprint density at radius 2 is 1.83 bits per heavy atom. The minimum Gasteiger partial charge on any atom is -0.506 e. The number of nitrogens with two attached hydrogens (primary N) is 1. The van der Waals surface area contributed by atoms with Gasteiger partial charge >= 0.3 is 5.97 Å². The molecule has 10 nitrogen and oxygen atoms in total. The standard InChI is InChI=1S/C42H49N3O7/c1-21(2)11-10-16-40(8)17-15-24-33(46)30-32-31-29(27(20-43)37(44)45-32)26-19-28-39(6,7)52-41(36(26)47,18-14-23(5)38(48)49-9)42(28,31)51-35(30)25(34(24)50-40)13-12-22(3)4/h11-12,14-15,17,26-29,46H,10,13,16,18-19H2,1-9H3,(H2,44,45). The molecule has 1 spiro atoms. The number of nitrogens with zero attached hydrogens (tertiary/aromatic N) is 2. The molecule has 4 bridgehead atoms. The van der Waals surface area contributed by atoms with Crippen molar-refractivity contribution in [3.63, 3.8) is 0 Å². The summed E-state index contributed by atoms with van der Waals surface area (Å²) in [5, 5.41) is 22.8. The maximum Gasteiger partial charge on any atom is 0.333 e. The number of benzene rings is 1. The molecule has 52 heavy (non-hydrogen) atoms. The lowest BCUT2D eigenvalue weighted by molar-refractivity contribution is -0.183. The van der Waals surface area contributed by atoms with Crippen LogP contribution in [0.4, 0.5) is 0 Å². The minimum atomic E-state index is -1.57. The fraction of sp³-hybridized carbons (Fsp3) is 0.524. The van der Waals surface area contributed by atoms with Gasteiger partial charge in [-0.2, -0.15) is 5.26 Å². The molecule has 10 heteroatoms. The van der Waals surface area contributed by atoms with Crippen LogP contribution in [0.3, 0.4) is 0 Å². The number of phenolic OH excluding ortho intramolecular Hbond substituents is 1. The highest BCUT2D eigenvalue weighted by Crippen LogP contribution is 2.74. The van der Waals surface area contributed by atoms with Crippen molar-refractivity contribution in [2.75, 3.05) is 7.11 Å². The van der Waals surface area contributed by atoms with Gasteiger partial charge in [-0.1, -0.05) is 29.4 Å². The number of carbonyl (C=O) groups excluding carboxylic acids is 2. The summed E-state index contributed by atoms with van der Waals surface area (Å²) < 4.78 is 26.4. The van der Waals surface area contributed by atoms with E-state index in [2.05, 4.69) is 32.1 Å². The maximum atomic E-state index is 15.1. The molecule has 7 unspecified atom stereocenters. The summed E-state index contributed by atoms with van der Waals surface area (Å²) in [6.45, 7) is 15.8. The van der Waals surface area contributed by atoms with Gasteiger partial charge in [0, 0.05) is 40.9 Å². The Labute approximate surface area is 305 Å². The summed E-state index contributed by atoms with van der Waals surface area (Å²) in [5.41, 5.74) is 7.40. The van der Waals surface area contributed by atoms with Crippen LogP contribution in [0.25, 0.3) is 11.8 Å². The molecular weight excluding hydrogens is 658 g/mol. The molecule has 1 aromatic rings. The first-order valence-electron chi connectivity index (χ1n) is 18.2. The van der Waals surface area contributed by atoms with Gasteiger partial charge < -0.3 is 29.8 Å². The van der Waals surface area contributed by atoms with Gasteiger partial charge in [-0.25, -0.2) is 9.79 Å². The van der Waals surface area contributed by atoms with E-state index in [1.807, 2.05) is 46.8 Å². The van der Waals surface area contributed by atoms with Gasteiger partial charge in [0.1, 0.15) is 34.6 Å². The number of aliphatic imine (C=N–C) groups is 1. The summed E-state index contributed by atoms with van der Waals surface area (Å²) >= 11 is 0. The summed E-state index contributed by atoms with van der Waals surface area (Å²) in [5.74, 6) is -2.27. The van der Waals surface area contributed by atoms with Crippen LogP contribution >= 0.6 is 0 Å². The van der Waals surface area contributed by atoms with E-state index in [0.717, 1.165) is 12.0 Å². The monoisotopic (exact) mass is 707 g/mol. The van der Waals surface area contributed by atoms with Crippen molar-refractivity contribution in [2.45, 2.75) is 110 Å². The summed E-state index contributed by atoms with van der Waals surface area (Å²) in [6, 6.07) is 2.35. The second-order valence-electron chi connectivity index (χ2n) is 16.5. The number of allylic oxidation sites excluding steroid dienone is 4. The number of fused-ring (bicyclic) bond motifs is 3. The van der Waals surface area contributed by atoms with Crippen LogP contribution in [-0.4, -0.2) is 52.2 Å². The molecule has 1 saturated heterocycles. The number of methoxy groups -OCH3 is 1. The van der Waals surface area contributed by atoms with Crippen LogP contribution in [0.1, 0.15) is 97.8 Å². The van der Waals surface area contributed by atoms with E-state index >= 15 is 4.79 Å². The third-order valence-electron chi connectivity index (χ3n) is 12.1. The lowest BCUT2D eigenvalue weighted by atomic mass is 9.44. The number of ether oxygens (including phenoxy) is 4. The molecule has 3 aliphatic carbocycles. The summed E-state index contributed by atoms with van der Waals surface area (Å²) in [4.78, 5) is 32.6. The van der Waals surface area contributed by atoms with Crippen LogP contribution in [0.15, 0.2) is 51.6 Å². The number of Topliss-reactive ketones (excluding diaryl/α,β-unsaturated/α-hetero) is 1. The number of aromatic hydroxyl groups is 1. The van der Waals surface area contributed by atoms with Crippen molar-refractivity contribution < 1.29 is 33.6 Å². The molecule has 4 aliphatic heterocycles. The quantitative estimate of drug-likeness (QED) is 0.164. The van der Waals surface area contributed by atoms with E-state index in [9.17, 15) is 15.2 Å². The Hall–Kier alpha value is -4.62. The Kier molecular flexibility index (Phi) is 8.22. The van der Waals surface area contributed by atoms with E-state index in [0.29, 0.717) is 64.3 Å². The first-order valence-corrected chi connectivity index (χ1v) is 18.2. The van der Waals surface area contributed by atoms with E-state index in [-0.39, 0.29) is 29.7 Å². The van der Waals surface area contributed by atoms with Gasteiger partial charge in [-0.15, -0.1) is 0 Å². The number of hydrogen-bond acceptors (Lipinski definition) is 10. The van der Waals surface area contributed by atoms with Gasteiger partial charge in [-0.3, -0.25) is 4.79 Å². The van der Waals surface area contributed by atoms with Gasteiger partial charge in [-0.05, 0) is 93.2 Å². The zero-order valence-corrected chi connectivity index (χ0v) is 31.6. The average Bonchev–Trinajstić information content (AvgIpc) is 3.22. The Morgan fingerprint density at radius 3 is 2.48 bits per heavy atom. The average molecular weight is 708 g/mol. The number of rotatable bonds is 8. The van der Waals surface area contributed by atoms with Crippen molar-refractivity contribution >= 4 is 29.4 Å². The van der Waals surface area contributed by atoms with Gasteiger partial charge in [0.2, 0.25) is 0 Å². The number of ketones is 1. The molecule has 8 rings (SSSR count). The van der Waals surface area contributed by atoms with Crippen molar-refractivity contribution in [1.82, 2.24) is 0 Å². The number of nitriles is 1. The minimum absolute atomic E-state index is 0.0281. The lowest BCUT2D eigenvalue weighted by Gasteiger charge is -2.62. The maximum absolute atomic E-state index is 15.1. The predicted molar refractivity (Wildman–Crippen MR) is 197 cm³/mol. The molecule has 3 saturated carbocycles. The van der Waals surface area contributed by atoms with E-state index in [1.165, 1.54) is 12.7 Å². The Morgan fingerprint density at radius 1 is 1.12 bits per heavy atom. The van der Waals surface area contributed by atoms with E-state index < -0.39 is 46.1 Å². The van der Waals surface area contributed by atoms with Crippen LogP contribution in [0.2, 0.25) is 0 Å². The normalized spacial score (nSPS) is 32.7. The second-order valence-corrected chi connectivity index (χ2v) is 16.5. The van der Waals surface area contributed by atoms with Gasteiger partial charge in [0.15, 0.2) is 17.0 Å². The zero-order chi connectivity index (χ0) is 37.7. The summed E-state index contributed by atoms with van der Waals surface area (Å²) in [6.07, 6.45) is 12.2. The molecule has 7 aliphatic rings. The topological polar surface area (TPSA) is 153 Å². The molecule has 1 aromatic carbocycles. The second kappa shape index (κ2) is 12.0. The molecule has 0 amide bonds. The van der Waals surface area contributed by atoms with Crippen molar-refractivity contribution in [2.24, 2.45) is 34.4 Å². The largest absolute Gasteiger partial charge is 0.506 e. The molecule has 7 atom stereocenters. The molecule has 0 aromatic heterocycles. The first-order chi connectivity index (χ1) is 24.5. The van der Waals surface area contributed by atoms with E-state index in [1.54, 1.807) is 13.0 Å². The molecule has 3 N–H and O–H groups in total. The highest BCUT2D eigenvalue weighted by Gasteiger charge is 2.84. The van der Waals surface area contributed by atoms with Crippen molar-refractivity contribution in [3.05, 3.63) is 63.3 Å². The number of amidine groups is 1. The predicted octanol–water partition coefficient (Wildman–Crippen LogP) is 7.06. The van der Waals surface area contributed by atoms with Gasteiger partial charge in [0.05, 0.1) is 35.6 Å². The molecule has 0 radical (unpaired) electrons. The first kappa shape index (κ1) is 35.8. The Bertz CT molecular complexity index is 2030. The number of hydrogen-bond donors (Lipinski definition) is 2. The lowest BCUT2D eigenvalue weighted by Crippen LogP contribution is -2.75. The van der Waals surface area contributed by atoms with Crippen LogP contribution < -0.4 is 15.2 Å². The van der Waals surface area contributed by atoms with Crippen molar-refractivity contribution in [3.8, 4) is 23.3 Å². The zero-order valence-electron chi connectivity index (χ0n) is 31.6. The van der Waals surface area contributed by atoms with Gasteiger partial charge in [0.25, 0.3) is 0 Å². The fourth-order valence-electron chi connectivity index (χ4n) is 9.76. The smallest absolute Gasteiger partial charge is 0.333 e. The number of carbonyl (C=O) groups is 2. The fourth-order valence-corrected chi connectivity index (χ4v) is 9.76. The van der Waals surface area contributed by atoms with Crippen LogP contribution in [0, 0.1) is 35.0 Å². The van der Waals surface area contributed by atoms with Crippen LogP contribution in [-0.2, 0) is 25.5 Å². The number of esters is 1. The molecule has 4 fully saturated rings. The summed E-state index contributed by atoms with van der Waals surface area (Å²) in [7, 11) is 1.32. The third-order valence-corrected chi connectivity index (χ3v) is 12.1. The molecule has 4 heterocycles. The molecular formula is C42H49N3O7.